The van der Waals surface area contributed by atoms with Crippen LogP contribution in [0.4, 0.5) is 21.2 Å². The number of imide groups is 1. The van der Waals surface area contributed by atoms with Crippen LogP contribution < -0.4 is 47.1 Å². The highest BCUT2D eigenvalue weighted by atomic mass is 16.5. The van der Waals surface area contributed by atoms with E-state index in [1.807, 2.05) is 103 Å². The van der Waals surface area contributed by atoms with Gasteiger partial charge in [-0.05, 0) is 115 Å². The summed E-state index contributed by atoms with van der Waals surface area (Å²) in [6, 6.07) is 36.9. The number of nitrogens with two attached hydrogens (primary N) is 1. The van der Waals surface area contributed by atoms with Gasteiger partial charge in [-0.2, -0.15) is 0 Å². The van der Waals surface area contributed by atoms with Crippen molar-refractivity contribution in [2.45, 2.75) is 93.5 Å². The number of urea groups is 1. The number of alkyl carbamates (subject to hydrolysis) is 1. The maximum atomic E-state index is 14.0. The lowest BCUT2D eigenvalue weighted by Crippen LogP contribution is -2.56. The van der Waals surface area contributed by atoms with Crippen LogP contribution in [0, 0.1) is 11.8 Å². The summed E-state index contributed by atoms with van der Waals surface area (Å²) in [7, 11) is 3.23. The Morgan fingerprint density at radius 2 is 1.55 bits per heavy atom. The van der Waals surface area contributed by atoms with E-state index in [1.165, 1.54) is 12.0 Å². The monoisotopic (exact) mass is 1330 g/mol. The van der Waals surface area contributed by atoms with Crippen LogP contribution in [-0.4, -0.2) is 167 Å². The molecule has 3 aromatic heterocycles. The third-order valence-electron chi connectivity index (χ3n) is 19.6. The molecule has 0 spiro atoms. The molecule has 5 aliphatic rings. The number of aryl methyl sites for hydroxylation is 1. The fourth-order valence-electron chi connectivity index (χ4n) is 14.0. The standard InChI is InChI=1S/C74H79N13O11/c1-73(29-36-84(37-30-73)49-26-33-85(34-27-49)70-80-59-23-20-47(57-42-83(2)69(93)66-55(57)25-32-76-66)39-56(59)67(82-70)74(44-88,98-50-21-22-50)48-13-5-4-6-14-48)79-31-11-12-46-19-24-62(96-3)61(38-46)86-35-28-65(91)87(72(86)95)45-78-64(90)41-77-68(92)60(40-63(75)89)81-71(94)97-43-58-53-17-9-7-15-51(53)52-16-8-10-18-54(52)58/h4-10,13-20,23-25,32,38-39,42,49-50,58,60,76,79,88H,21-22,26-31,33-37,40-41,43-45H2,1-3H3,(H2,75,89)(H,77,92)(H,78,90)(H,81,94)/t60-,74-/m0/s1. The molecule has 8 aromatic rings. The smallest absolute Gasteiger partial charge is 0.407 e. The minimum atomic E-state index is -1.47. The number of piperidine rings is 2. The van der Waals surface area contributed by atoms with Gasteiger partial charge in [0.25, 0.3) is 5.56 Å². The van der Waals surface area contributed by atoms with Gasteiger partial charge in [0.2, 0.25) is 29.6 Å². The van der Waals surface area contributed by atoms with Crippen LogP contribution in [0.25, 0.3) is 44.1 Å². The molecule has 24 nitrogen and oxygen atoms in total. The van der Waals surface area contributed by atoms with Crippen molar-refractivity contribution in [3.63, 3.8) is 0 Å². The average Bonchev–Trinajstić information content (AvgIpc) is 0.990. The van der Waals surface area contributed by atoms with Crippen LogP contribution in [0.1, 0.15) is 92.2 Å². The molecule has 8 N–H and O–H groups in total. The number of pyridine rings is 1. The number of aliphatic hydroxyl groups is 1. The van der Waals surface area contributed by atoms with Gasteiger partial charge in [-0.15, -0.1) is 0 Å². The van der Waals surface area contributed by atoms with E-state index in [1.54, 1.807) is 36.0 Å². The van der Waals surface area contributed by atoms with Crippen molar-refractivity contribution in [1.82, 2.24) is 50.6 Å². The number of hydrogen-bond acceptors (Lipinski definition) is 16. The van der Waals surface area contributed by atoms with Gasteiger partial charge < -0.3 is 65.7 Å². The summed E-state index contributed by atoms with van der Waals surface area (Å²) in [5, 5.41) is 24.2. The number of carbonyl (C=O) groups excluding carboxylic acids is 6. The molecule has 3 saturated heterocycles. The molecular formula is C74H79N13O11. The molecular weight excluding hydrogens is 1250 g/mol. The number of carbonyl (C=O) groups is 6. The van der Waals surface area contributed by atoms with E-state index in [0.717, 1.165) is 125 Å². The van der Waals surface area contributed by atoms with Crippen molar-refractivity contribution in [2.24, 2.45) is 12.8 Å². The predicted octanol–water partition coefficient (Wildman–Crippen LogP) is 6.50. The fraction of sp³-hybridized carbons (Fsp3) is 0.365. The molecule has 0 bridgehead atoms. The number of likely N-dealkylation sites (tertiary alicyclic amines) is 1. The minimum absolute atomic E-state index is 0.0258. The zero-order valence-corrected chi connectivity index (χ0v) is 55.0. The van der Waals surface area contributed by atoms with E-state index >= 15 is 0 Å². The van der Waals surface area contributed by atoms with Crippen LogP contribution in [0.2, 0.25) is 0 Å². The van der Waals surface area contributed by atoms with E-state index in [2.05, 4.69) is 60.9 Å². The highest BCUT2D eigenvalue weighted by Crippen LogP contribution is 2.46. The summed E-state index contributed by atoms with van der Waals surface area (Å²) in [5.74, 6) is 4.15. The highest BCUT2D eigenvalue weighted by Gasteiger charge is 2.45. The normalized spacial score (nSPS) is 17.3. The zero-order chi connectivity index (χ0) is 68.2. The molecule has 7 amide bonds. The predicted molar refractivity (Wildman–Crippen MR) is 369 cm³/mol. The Bertz CT molecular complexity index is 4460. The number of ether oxygens (including phenoxy) is 3. The van der Waals surface area contributed by atoms with Crippen molar-refractivity contribution in [1.29, 1.82) is 0 Å². The topological polar surface area (TPSA) is 301 Å². The number of hydrogen-bond donors (Lipinski definition) is 7. The molecule has 506 valence electrons. The summed E-state index contributed by atoms with van der Waals surface area (Å²) in [5.41, 5.74) is 13.3. The molecule has 2 atom stereocenters. The van der Waals surface area contributed by atoms with Crippen molar-refractivity contribution in [3.05, 3.63) is 172 Å². The Morgan fingerprint density at radius 3 is 2.26 bits per heavy atom. The van der Waals surface area contributed by atoms with Gasteiger partial charge >= 0.3 is 12.1 Å². The summed E-state index contributed by atoms with van der Waals surface area (Å²) in [6.45, 7) is 4.49. The molecule has 98 heavy (non-hydrogen) atoms. The summed E-state index contributed by atoms with van der Waals surface area (Å²) < 4.78 is 19.8. The number of amides is 7. The van der Waals surface area contributed by atoms with E-state index in [0.29, 0.717) is 46.7 Å². The first-order chi connectivity index (χ1) is 47.5. The van der Waals surface area contributed by atoms with E-state index in [4.69, 9.17) is 29.9 Å². The van der Waals surface area contributed by atoms with Crippen molar-refractivity contribution < 1.29 is 48.1 Å². The molecule has 4 fully saturated rings. The summed E-state index contributed by atoms with van der Waals surface area (Å²) in [6.07, 6.45) is 7.47. The molecule has 3 aliphatic heterocycles. The Labute approximate surface area is 566 Å². The maximum absolute atomic E-state index is 14.0. The number of aliphatic hydroxyl groups excluding tert-OH is 1. The van der Waals surface area contributed by atoms with Gasteiger partial charge in [-0.1, -0.05) is 96.8 Å². The van der Waals surface area contributed by atoms with Crippen LogP contribution >= 0.6 is 0 Å². The quantitative estimate of drug-likeness (QED) is 0.0357. The van der Waals surface area contributed by atoms with Gasteiger partial charge in [0, 0.05) is 98.0 Å². The number of nitrogens with zero attached hydrogens (tertiary/aromatic N) is 7. The molecule has 0 unspecified atom stereocenters. The number of H-pyrrole nitrogens is 1. The zero-order valence-electron chi connectivity index (χ0n) is 55.0. The largest absolute Gasteiger partial charge is 0.495 e. The molecule has 5 aromatic carbocycles. The Morgan fingerprint density at radius 1 is 0.827 bits per heavy atom. The lowest BCUT2D eigenvalue weighted by Gasteiger charge is -2.45. The SMILES string of the molecule is COc1ccc(C#CCNC2(C)CCN(C3CCN(c4nc([C@@](CO)(OC5CC5)c5ccccc5)c5cc(-c6cn(C)c(=O)c7[nH]ccc67)ccc5n4)CC3)CC2)cc1N1CCC(=O)N(CNC(=O)CNC(=O)[C@H](CC(N)=O)NC(=O)OCC2c3ccccc3-c3ccccc32)C1=O. The third-order valence-corrected chi connectivity index (χ3v) is 19.6. The minimum Gasteiger partial charge on any atom is -0.495 e. The van der Waals surface area contributed by atoms with Crippen LogP contribution in [0.5, 0.6) is 5.75 Å². The Balaban J connectivity index is 0.596. The van der Waals surface area contributed by atoms with Crippen molar-refractivity contribution >= 4 is 69.2 Å². The maximum Gasteiger partial charge on any atom is 0.407 e. The first-order valence-electron chi connectivity index (χ1n) is 33.3. The van der Waals surface area contributed by atoms with Gasteiger partial charge in [-0.25, -0.2) is 24.5 Å². The first kappa shape index (κ1) is 66.2. The Kier molecular flexibility index (Phi) is 19.1. The summed E-state index contributed by atoms with van der Waals surface area (Å²) in [4.78, 5) is 113. The van der Waals surface area contributed by atoms with Crippen molar-refractivity contribution in [2.75, 3.05) is 82.6 Å². The van der Waals surface area contributed by atoms with E-state index in [-0.39, 0.29) is 49.3 Å². The number of benzene rings is 5. The van der Waals surface area contributed by atoms with Gasteiger partial charge in [-0.3, -0.25) is 28.9 Å². The van der Waals surface area contributed by atoms with E-state index in [9.17, 15) is 38.7 Å². The van der Waals surface area contributed by atoms with Gasteiger partial charge in [0.05, 0.1) is 56.2 Å². The number of anilines is 2. The molecule has 2 aliphatic carbocycles. The van der Waals surface area contributed by atoms with Crippen LogP contribution in [0.15, 0.2) is 139 Å². The number of primary amides is 1. The first-order valence-corrected chi connectivity index (χ1v) is 33.3. The number of methoxy groups -OCH3 is 1. The molecule has 1 saturated carbocycles. The van der Waals surface area contributed by atoms with Gasteiger partial charge in [0.15, 0.2) is 5.60 Å². The second-order valence-corrected chi connectivity index (χ2v) is 26.0. The number of aromatic amines is 1. The van der Waals surface area contributed by atoms with E-state index < -0.39 is 67.0 Å². The molecule has 0 radical (unpaired) electrons. The highest BCUT2D eigenvalue weighted by molar-refractivity contribution is 6.07. The molecule has 13 rings (SSSR count). The fourth-order valence-corrected chi connectivity index (χ4v) is 14.0. The lowest BCUT2D eigenvalue weighted by molar-refractivity contribution is -0.131. The van der Waals surface area contributed by atoms with Crippen LogP contribution in [0.3, 0.4) is 0 Å². The number of rotatable bonds is 22. The number of aromatic nitrogens is 4. The van der Waals surface area contributed by atoms with Crippen LogP contribution in [-0.2, 0) is 41.3 Å². The van der Waals surface area contributed by atoms with Gasteiger partial charge in [0.1, 0.15) is 30.6 Å². The molecule has 24 heteroatoms. The third kappa shape index (κ3) is 13.8. The number of nitrogens with one attached hydrogen (secondary N) is 5. The second-order valence-electron chi connectivity index (χ2n) is 26.0. The second kappa shape index (κ2) is 28.3. The Hall–Kier alpha value is -10.5. The number of fused-ring (bicyclic) bond motifs is 5. The summed E-state index contributed by atoms with van der Waals surface area (Å²) >= 11 is 0. The molecule has 6 heterocycles. The van der Waals surface area contributed by atoms with Crippen molar-refractivity contribution in [3.8, 4) is 39.8 Å². The lowest BCUT2D eigenvalue weighted by atomic mass is 9.87. The average molecular weight is 1330 g/mol.